The summed E-state index contributed by atoms with van der Waals surface area (Å²) in [5.41, 5.74) is 3.44. The molecule has 2 heterocycles. The summed E-state index contributed by atoms with van der Waals surface area (Å²) in [4.78, 5) is 22.3. The average molecular weight is 510 g/mol. The third-order valence-electron chi connectivity index (χ3n) is 5.50. The van der Waals surface area contributed by atoms with Crippen LogP contribution in [0, 0.1) is 0 Å². The number of rotatable bonds is 11. The highest BCUT2D eigenvalue weighted by Crippen LogP contribution is 2.31. The Kier molecular flexibility index (Phi) is 13.0. The van der Waals surface area contributed by atoms with Gasteiger partial charge in [0, 0.05) is 49.5 Å². The SMILES string of the molecule is CC.CCCCc1nc2c(NC)nc3cc(C=O)ccc3c2n1CCCNSc1ccccc1.CO. The second-order valence-corrected chi connectivity index (χ2v) is 8.71. The number of imidazole rings is 1. The van der Waals surface area contributed by atoms with Gasteiger partial charge in [0.25, 0.3) is 0 Å². The maximum atomic E-state index is 11.3. The number of aliphatic hydroxyl groups is 1. The fourth-order valence-electron chi connectivity index (χ4n) is 3.90. The van der Waals surface area contributed by atoms with E-state index in [9.17, 15) is 4.79 Å². The smallest absolute Gasteiger partial charge is 0.154 e. The van der Waals surface area contributed by atoms with Crippen molar-refractivity contribution >= 4 is 46.0 Å². The van der Waals surface area contributed by atoms with Crippen molar-refractivity contribution in [2.24, 2.45) is 0 Å². The quantitative estimate of drug-likeness (QED) is 0.128. The number of hydrogen-bond donors (Lipinski definition) is 3. The molecule has 0 aliphatic rings. The van der Waals surface area contributed by atoms with Crippen LogP contribution in [0.4, 0.5) is 5.82 Å². The van der Waals surface area contributed by atoms with Gasteiger partial charge in [0.2, 0.25) is 0 Å². The Morgan fingerprint density at radius 1 is 1.06 bits per heavy atom. The molecule has 0 spiro atoms. The minimum absolute atomic E-state index is 0.630. The van der Waals surface area contributed by atoms with Gasteiger partial charge >= 0.3 is 0 Å². The van der Waals surface area contributed by atoms with E-state index in [1.54, 1.807) is 11.9 Å². The zero-order chi connectivity index (χ0) is 26.3. The number of carbonyl (C=O) groups is 1. The van der Waals surface area contributed by atoms with Crippen molar-refractivity contribution in [3.8, 4) is 0 Å². The van der Waals surface area contributed by atoms with Gasteiger partial charge in [-0.05, 0) is 49.1 Å². The van der Waals surface area contributed by atoms with Crippen LogP contribution in [0.25, 0.3) is 21.9 Å². The Morgan fingerprint density at radius 2 is 1.81 bits per heavy atom. The van der Waals surface area contributed by atoms with E-state index >= 15 is 0 Å². The Balaban J connectivity index is 0.00000109. The van der Waals surface area contributed by atoms with Crippen molar-refractivity contribution in [2.75, 3.05) is 26.0 Å². The van der Waals surface area contributed by atoms with Gasteiger partial charge in [-0.3, -0.25) is 9.52 Å². The number of aromatic nitrogens is 3. The van der Waals surface area contributed by atoms with Crippen LogP contribution in [0.5, 0.6) is 0 Å². The van der Waals surface area contributed by atoms with Gasteiger partial charge in [0.05, 0.1) is 11.0 Å². The van der Waals surface area contributed by atoms with Crippen molar-refractivity contribution in [3.05, 3.63) is 59.9 Å². The Labute approximate surface area is 218 Å². The van der Waals surface area contributed by atoms with Gasteiger partial charge in [-0.15, -0.1) is 0 Å². The molecule has 7 nitrogen and oxygen atoms in total. The predicted molar refractivity (Wildman–Crippen MR) is 153 cm³/mol. The second-order valence-electron chi connectivity index (χ2n) is 7.75. The number of pyridine rings is 1. The van der Waals surface area contributed by atoms with Gasteiger partial charge in [0.1, 0.15) is 17.6 Å². The van der Waals surface area contributed by atoms with Crippen molar-refractivity contribution in [1.29, 1.82) is 0 Å². The Hall–Kier alpha value is -2.94. The molecule has 4 rings (SSSR count). The minimum Gasteiger partial charge on any atom is -0.400 e. The first-order valence-electron chi connectivity index (χ1n) is 12.6. The van der Waals surface area contributed by atoms with E-state index in [2.05, 4.69) is 45.8 Å². The van der Waals surface area contributed by atoms with E-state index in [0.717, 1.165) is 85.7 Å². The monoisotopic (exact) mass is 509 g/mol. The molecule has 4 aromatic rings. The molecular formula is C28H39N5O2S. The summed E-state index contributed by atoms with van der Waals surface area (Å²) in [6.07, 6.45) is 5.01. The fourth-order valence-corrected chi connectivity index (χ4v) is 4.60. The number of fused-ring (bicyclic) bond motifs is 3. The Bertz CT molecular complexity index is 1210. The van der Waals surface area contributed by atoms with Crippen molar-refractivity contribution < 1.29 is 9.90 Å². The summed E-state index contributed by atoms with van der Waals surface area (Å²) in [5.74, 6) is 1.85. The largest absolute Gasteiger partial charge is 0.400 e. The van der Waals surface area contributed by atoms with Crippen LogP contribution in [-0.4, -0.2) is 46.6 Å². The molecule has 0 saturated heterocycles. The highest BCUT2D eigenvalue weighted by atomic mass is 32.2. The molecule has 0 unspecified atom stereocenters. The van der Waals surface area contributed by atoms with Crippen LogP contribution in [0.15, 0.2) is 53.4 Å². The van der Waals surface area contributed by atoms with Gasteiger partial charge < -0.3 is 15.0 Å². The van der Waals surface area contributed by atoms with Crippen LogP contribution >= 0.6 is 11.9 Å². The fraction of sp³-hybridized carbons (Fsp3) is 0.393. The van der Waals surface area contributed by atoms with Crippen molar-refractivity contribution in [2.45, 2.75) is 57.9 Å². The van der Waals surface area contributed by atoms with E-state index in [4.69, 9.17) is 15.1 Å². The topological polar surface area (TPSA) is 92.1 Å². The van der Waals surface area contributed by atoms with E-state index < -0.39 is 0 Å². The van der Waals surface area contributed by atoms with E-state index in [-0.39, 0.29) is 0 Å². The lowest BCUT2D eigenvalue weighted by Gasteiger charge is -2.12. The molecule has 0 saturated carbocycles. The van der Waals surface area contributed by atoms with Gasteiger partial charge in [-0.25, -0.2) is 9.97 Å². The first-order valence-corrected chi connectivity index (χ1v) is 13.4. The summed E-state index contributed by atoms with van der Waals surface area (Å²) in [6.45, 7) is 7.97. The summed E-state index contributed by atoms with van der Waals surface area (Å²) < 4.78 is 5.82. The molecule has 2 aromatic carbocycles. The third-order valence-corrected chi connectivity index (χ3v) is 6.36. The van der Waals surface area contributed by atoms with Crippen molar-refractivity contribution in [3.63, 3.8) is 0 Å². The standard InChI is InChI=1S/C25H29N5OS.C2H6.CH4O/c1-3-4-11-22-29-23-24(20-13-12-18(17-31)16-21(20)28-25(23)26-2)30(22)15-8-14-27-32-19-9-6-5-7-10-19;2*1-2/h5-7,9-10,12-13,16-17,27H,3-4,8,11,14-15H2,1-2H3,(H,26,28);1-2H3;2H,1H3. The molecule has 0 fully saturated rings. The van der Waals surface area contributed by atoms with Gasteiger partial charge in [-0.1, -0.05) is 51.5 Å². The number of nitrogens with zero attached hydrogens (tertiary/aromatic N) is 3. The molecule has 0 amide bonds. The van der Waals surface area contributed by atoms with Crippen LogP contribution in [0.2, 0.25) is 0 Å². The molecule has 0 radical (unpaired) electrons. The molecule has 0 aliphatic heterocycles. The molecule has 194 valence electrons. The molecule has 36 heavy (non-hydrogen) atoms. The average Bonchev–Trinajstić information content (AvgIpc) is 3.32. The van der Waals surface area contributed by atoms with E-state index in [1.807, 2.05) is 45.2 Å². The summed E-state index contributed by atoms with van der Waals surface area (Å²) >= 11 is 1.66. The maximum Gasteiger partial charge on any atom is 0.154 e. The molecule has 0 atom stereocenters. The molecular weight excluding hydrogens is 470 g/mol. The molecule has 3 N–H and O–H groups in total. The number of aryl methyl sites for hydroxylation is 2. The number of benzene rings is 2. The number of nitrogens with one attached hydrogen (secondary N) is 2. The minimum atomic E-state index is 0.630. The molecule has 0 aliphatic carbocycles. The molecule has 0 bridgehead atoms. The third kappa shape index (κ3) is 7.29. The first-order chi connectivity index (χ1) is 17.7. The normalized spacial score (nSPS) is 10.4. The van der Waals surface area contributed by atoms with Gasteiger partial charge in [0.15, 0.2) is 5.82 Å². The number of carbonyl (C=O) groups excluding carboxylic acids is 1. The van der Waals surface area contributed by atoms with Gasteiger partial charge in [-0.2, -0.15) is 0 Å². The number of unbranched alkanes of at least 4 members (excludes halogenated alkanes) is 1. The second kappa shape index (κ2) is 15.9. The summed E-state index contributed by atoms with van der Waals surface area (Å²) in [7, 11) is 2.87. The summed E-state index contributed by atoms with van der Waals surface area (Å²) in [5, 5.41) is 11.2. The van der Waals surface area contributed by atoms with Crippen LogP contribution in [-0.2, 0) is 13.0 Å². The Morgan fingerprint density at radius 3 is 2.47 bits per heavy atom. The summed E-state index contributed by atoms with van der Waals surface area (Å²) in [6, 6.07) is 16.1. The number of aldehydes is 1. The van der Waals surface area contributed by atoms with Crippen molar-refractivity contribution in [1.82, 2.24) is 19.3 Å². The van der Waals surface area contributed by atoms with Crippen LogP contribution in [0.1, 0.15) is 56.2 Å². The highest BCUT2D eigenvalue weighted by molar-refractivity contribution is 7.97. The van der Waals surface area contributed by atoms with E-state index in [0.29, 0.717) is 5.56 Å². The zero-order valence-corrected chi connectivity index (χ0v) is 22.9. The lowest BCUT2D eigenvalue weighted by atomic mass is 10.1. The van der Waals surface area contributed by atoms with Crippen LogP contribution < -0.4 is 10.0 Å². The lowest BCUT2D eigenvalue weighted by molar-refractivity contribution is 0.112. The molecule has 8 heteroatoms. The number of anilines is 1. The lowest BCUT2D eigenvalue weighted by Crippen LogP contribution is -2.11. The number of hydrogen-bond acceptors (Lipinski definition) is 7. The molecule has 2 aromatic heterocycles. The number of aliphatic hydroxyl groups excluding tert-OH is 1. The van der Waals surface area contributed by atoms with E-state index in [1.165, 1.54) is 4.90 Å². The first kappa shape index (κ1) is 29.3. The maximum absolute atomic E-state index is 11.3. The predicted octanol–water partition coefficient (Wildman–Crippen LogP) is 6.10. The van der Waals surface area contributed by atoms with Crippen LogP contribution in [0.3, 0.4) is 0 Å². The zero-order valence-electron chi connectivity index (χ0n) is 22.0. The highest BCUT2D eigenvalue weighted by Gasteiger charge is 2.18.